The van der Waals surface area contributed by atoms with Gasteiger partial charge in [-0.3, -0.25) is 0 Å². The van der Waals surface area contributed by atoms with Gasteiger partial charge in [0.05, 0.1) is 34.0 Å². The summed E-state index contributed by atoms with van der Waals surface area (Å²) in [6.07, 6.45) is -8.77. The maximum atomic E-state index is 13.3. The van der Waals surface area contributed by atoms with Crippen molar-refractivity contribution < 1.29 is 31.1 Å². The number of hydrogen-bond donors (Lipinski definition) is 0. The Kier molecular flexibility index (Phi) is 6.02. The van der Waals surface area contributed by atoms with Gasteiger partial charge < -0.3 is 4.74 Å². The number of fused-ring (bicyclic) bond motifs is 1. The second kappa shape index (κ2) is 8.21. The van der Waals surface area contributed by atoms with Gasteiger partial charge in [-0.1, -0.05) is 17.7 Å². The fraction of sp³-hybridized carbons (Fsp3) is 0.333. The van der Waals surface area contributed by atoms with Gasteiger partial charge in [-0.2, -0.15) is 26.3 Å². The van der Waals surface area contributed by atoms with E-state index in [4.69, 9.17) is 16.3 Å². The number of aromatic nitrogens is 4. The van der Waals surface area contributed by atoms with E-state index in [1.165, 1.54) is 31.5 Å². The lowest BCUT2D eigenvalue weighted by atomic mass is 10.0. The normalized spacial score (nSPS) is 12.4. The number of hydrogen-bond acceptors (Lipinski definition) is 5. The highest BCUT2D eigenvalue weighted by Crippen LogP contribution is 2.36. The highest BCUT2D eigenvalue weighted by Gasteiger charge is 2.36. The van der Waals surface area contributed by atoms with Gasteiger partial charge in [-0.05, 0) is 31.4 Å². The first-order chi connectivity index (χ1) is 13.9. The van der Waals surface area contributed by atoms with Crippen LogP contribution in [0.25, 0.3) is 10.9 Å². The van der Waals surface area contributed by atoms with Crippen LogP contribution < -0.4 is 4.74 Å². The maximum Gasteiger partial charge on any atom is 0.451 e. The van der Waals surface area contributed by atoms with Crippen LogP contribution in [0.4, 0.5) is 26.3 Å². The summed E-state index contributed by atoms with van der Waals surface area (Å²) in [5.41, 5.74) is 0.0920. The minimum Gasteiger partial charge on any atom is -0.424 e. The van der Waals surface area contributed by atoms with E-state index in [0.29, 0.717) is 5.56 Å². The summed E-state index contributed by atoms with van der Waals surface area (Å²) in [7, 11) is 0. The van der Waals surface area contributed by atoms with Crippen molar-refractivity contribution in [2.45, 2.75) is 38.5 Å². The molecule has 0 N–H and O–H groups in total. The molecule has 0 saturated carbocycles. The largest absolute Gasteiger partial charge is 0.451 e. The monoisotopic (exact) mass is 450 g/mol. The summed E-state index contributed by atoms with van der Waals surface area (Å²) in [5.74, 6) is -1.41. The molecule has 0 spiro atoms. The highest BCUT2D eigenvalue weighted by molar-refractivity contribution is 6.30. The zero-order valence-electron chi connectivity index (χ0n) is 15.3. The second-order valence-corrected chi connectivity index (χ2v) is 6.79. The van der Waals surface area contributed by atoms with Gasteiger partial charge in [0, 0.05) is 6.42 Å². The Morgan fingerprint density at radius 3 is 2.27 bits per heavy atom. The minimum atomic E-state index is -4.87. The Bertz CT molecular complexity index is 1050. The first-order valence-corrected chi connectivity index (χ1v) is 8.91. The van der Waals surface area contributed by atoms with Crippen LogP contribution in [0.2, 0.25) is 5.02 Å². The van der Waals surface area contributed by atoms with Crippen LogP contribution in [-0.4, -0.2) is 26.1 Å². The molecule has 0 atom stereocenters. The van der Waals surface area contributed by atoms with Gasteiger partial charge in [-0.25, -0.2) is 19.9 Å². The molecule has 3 rings (SSSR count). The number of alkyl halides is 6. The second-order valence-electron chi connectivity index (χ2n) is 6.35. The molecule has 30 heavy (non-hydrogen) atoms. The quantitative estimate of drug-likeness (QED) is 0.441. The van der Waals surface area contributed by atoms with Crippen LogP contribution in [-0.2, 0) is 12.6 Å². The summed E-state index contributed by atoms with van der Waals surface area (Å²) in [6.45, 7) is 1.53. The average molecular weight is 451 g/mol. The van der Waals surface area contributed by atoms with Crippen LogP contribution in [0.1, 0.15) is 29.9 Å². The van der Waals surface area contributed by atoms with E-state index in [-0.39, 0.29) is 39.8 Å². The Balaban J connectivity index is 2.12. The summed E-state index contributed by atoms with van der Waals surface area (Å²) < 4.78 is 82.9. The lowest BCUT2D eigenvalue weighted by Gasteiger charge is -2.15. The molecule has 2 aromatic heterocycles. The van der Waals surface area contributed by atoms with Crippen LogP contribution in [0.15, 0.2) is 24.5 Å². The van der Waals surface area contributed by atoms with E-state index in [0.717, 1.165) is 0 Å². The molecule has 2 heterocycles. The number of nitrogens with zero attached hydrogens (tertiary/aromatic N) is 4. The third-order valence-electron chi connectivity index (χ3n) is 4.01. The van der Waals surface area contributed by atoms with E-state index >= 15 is 0 Å². The standard InChI is InChI=1S/C18H13ClF6N4O/c1-9-4-5-12(30-16-26-7-10(19)8-27-16)13-11(3-2-6-17(20,21)22)28-15(18(23,24)25)29-14(9)13/h4-5,7-8H,2-3,6H2,1H3. The fourth-order valence-electron chi connectivity index (χ4n) is 2.71. The third kappa shape index (κ3) is 5.26. The number of aryl methyl sites for hydroxylation is 2. The summed E-state index contributed by atoms with van der Waals surface area (Å²) in [5, 5.41) is 0.311. The molecule has 0 aliphatic heterocycles. The topological polar surface area (TPSA) is 60.8 Å². The molecule has 12 heteroatoms. The molecule has 5 nitrogen and oxygen atoms in total. The fourth-order valence-corrected chi connectivity index (χ4v) is 2.81. The molecule has 0 aliphatic rings. The molecule has 0 unspecified atom stereocenters. The lowest BCUT2D eigenvalue weighted by Crippen LogP contribution is -2.14. The van der Waals surface area contributed by atoms with Gasteiger partial charge >= 0.3 is 18.4 Å². The Hall–Kier alpha value is -2.69. The van der Waals surface area contributed by atoms with Crippen molar-refractivity contribution in [2.24, 2.45) is 0 Å². The zero-order chi connectivity index (χ0) is 22.1. The molecule has 0 amide bonds. The Labute approximate surface area is 171 Å². The van der Waals surface area contributed by atoms with E-state index < -0.39 is 31.0 Å². The van der Waals surface area contributed by atoms with Crippen LogP contribution in [0.5, 0.6) is 11.8 Å². The molecule has 0 bridgehead atoms. The van der Waals surface area contributed by atoms with Gasteiger partial charge in [0.2, 0.25) is 5.82 Å². The van der Waals surface area contributed by atoms with Crippen molar-refractivity contribution in [1.82, 2.24) is 19.9 Å². The van der Waals surface area contributed by atoms with Crippen molar-refractivity contribution >= 4 is 22.5 Å². The molecule has 3 aromatic rings. The number of benzene rings is 1. The van der Waals surface area contributed by atoms with E-state index in [1.807, 2.05) is 0 Å². The predicted octanol–water partition coefficient (Wildman–Crippen LogP) is 6.08. The number of halogens is 7. The molecule has 0 aliphatic carbocycles. The number of ether oxygens (including phenoxy) is 1. The summed E-state index contributed by atoms with van der Waals surface area (Å²) in [4.78, 5) is 14.8. The molecule has 160 valence electrons. The van der Waals surface area contributed by atoms with Crippen LogP contribution >= 0.6 is 11.6 Å². The van der Waals surface area contributed by atoms with Gasteiger partial charge in [0.25, 0.3) is 0 Å². The Morgan fingerprint density at radius 2 is 1.67 bits per heavy atom. The smallest absolute Gasteiger partial charge is 0.424 e. The molecule has 0 fully saturated rings. The first kappa shape index (κ1) is 22.0. The van der Waals surface area contributed by atoms with Crippen LogP contribution in [0, 0.1) is 6.92 Å². The third-order valence-corrected chi connectivity index (χ3v) is 4.21. The molecular formula is C18H13ClF6N4O. The molecule has 0 radical (unpaired) electrons. The van der Waals surface area contributed by atoms with Gasteiger partial charge in [0.1, 0.15) is 5.75 Å². The number of rotatable bonds is 5. The SMILES string of the molecule is Cc1ccc(Oc2ncc(Cl)cn2)c2c(CCCC(F)(F)F)nc(C(F)(F)F)nc12. The van der Waals surface area contributed by atoms with E-state index in [9.17, 15) is 26.3 Å². The molecular weight excluding hydrogens is 438 g/mol. The minimum absolute atomic E-state index is 0.0219. The van der Waals surface area contributed by atoms with Gasteiger partial charge in [0.15, 0.2) is 0 Å². The lowest BCUT2D eigenvalue weighted by molar-refractivity contribution is -0.145. The molecule has 0 saturated heterocycles. The first-order valence-electron chi connectivity index (χ1n) is 8.53. The van der Waals surface area contributed by atoms with Crippen molar-refractivity contribution in [3.8, 4) is 11.8 Å². The van der Waals surface area contributed by atoms with Crippen LogP contribution in [0.3, 0.4) is 0 Å². The van der Waals surface area contributed by atoms with Crippen molar-refractivity contribution in [2.75, 3.05) is 0 Å². The van der Waals surface area contributed by atoms with Crippen molar-refractivity contribution in [3.63, 3.8) is 0 Å². The van der Waals surface area contributed by atoms with Crippen molar-refractivity contribution in [3.05, 3.63) is 46.6 Å². The van der Waals surface area contributed by atoms with Crippen molar-refractivity contribution in [1.29, 1.82) is 0 Å². The Morgan fingerprint density at radius 1 is 1.00 bits per heavy atom. The summed E-state index contributed by atoms with van der Waals surface area (Å²) >= 11 is 5.71. The maximum absolute atomic E-state index is 13.3. The predicted molar refractivity (Wildman–Crippen MR) is 95.4 cm³/mol. The van der Waals surface area contributed by atoms with E-state index in [1.54, 1.807) is 0 Å². The zero-order valence-corrected chi connectivity index (χ0v) is 16.0. The highest BCUT2D eigenvalue weighted by atomic mass is 35.5. The van der Waals surface area contributed by atoms with E-state index in [2.05, 4.69) is 19.9 Å². The molecule has 1 aromatic carbocycles. The average Bonchev–Trinajstić information content (AvgIpc) is 2.64. The summed E-state index contributed by atoms with van der Waals surface area (Å²) in [6, 6.07) is 2.77. The van der Waals surface area contributed by atoms with Gasteiger partial charge in [-0.15, -0.1) is 0 Å².